The summed E-state index contributed by atoms with van der Waals surface area (Å²) in [5.41, 5.74) is 1.17. The lowest BCUT2D eigenvalue weighted by molar-refractivity contribution is -0.128. The van der Waals surface area contributed by atoms with Crippen molar-refractivity contribution in [2.45, 2.75) is 51.2 Å². The largest absolute Gasteiger partial charge is 0.344 e. The molecule has 8 heteroatoms. The number of carbonyl (C=O) groups is 2. The van der Waals surface area contributed by atoms with E-state index in [1.165, 1.54) is 0 Å². The van der Waals surface area contributed by atoms with E-state index >= 15 is 0 Å². The molecule has 0 bridgehead atoms. The molecular formula is C20H27N3O4S. The highest BCUT2D eigenvalue weighted by Crippen LogP contribution is 2.49. The Morgan fingerprint density at radius 2 is 1.96 bits per heavy atom. The SMILES string of the molecule is CC(=O)N1CC2CC2(NC(=O)c2ccc(CN3[C@@H](C)CCCS3(=O)=O)cc2)C1. The number of sulfonamides is 1. The number of fused-ring (bicyclic) bond motifs is 1. The number of benzene rings is 1. The molecule has 28 heavy (non-hydrogen) atoms. The fourth-order valence-corrected chi connectivity index (χ4v) is 6.27. The lowest BCUT2D eigenvalue weighted by Gasteiger charge is -2.32. The highest BCUT2D eigenvalue weighted by atomic mass is 32.2. The van der Waals surface area contributed by atoms with Crippen LogP contribution in [0.2, 0.25) is 0 Å². The predicted molar refractivity (Wildman–Crippen MR) is 105 cm³/mol. The van der Waals surface area contributed by atoms with Crippen molar-refractivity contribution >= 4 is 21.8 Å². The van der Waals surface area contributed by atoms with Gasteiger partial charge in [0.2, 0.25) is 15.9 Å². The van der Waals surface area contributed by atoms with Gasteiger partial charge in [0.05, 0.1) is 11.3 Å². The Morgan fingerprint density at radius 3 is 2.57 bits per heavy atom. The normalized spacial score (nSPS) is 31.3. The Hall–Kier alpha value is -1.93. The van der Waals surface area contributed by atoms with Gasteiger partial charge in [-0.3, -0.25) is 9.59 Å². The van der Waals surface area contributed by atoms with Gasteiger partial charge in [-0.25, -0.2) is 8.42 Å². The van der Waals surface area contributed by atoms with Gasteiger partial charge in [-0.2, -0.15) is 4.31 Å². The molecular weight excluding hydrogens is 378 g/mol. The molecule has 152 valence electrons. The van der Waals surface area contributed by atoms with E-state index in [2.05, 4.69) is 5.32 Å². The molecule has 3 fully saturated rings. The smallest absolute Gasteiger partial charge is 0.251 e. The minimum Gasteiger partial charge on any atom is -0.344 e. The first kappa shape index (κ1) is 19.4. The average Bonchev–Trinajstić information content (AvgIpc) is 3.17. The number of nitrogens with zero attached hydrogens (tertiary/aromatic N) is 2. The van der Waals surface area contributed by atoms with E-state index in [-0.39, 0.29) is 29.1 Å². The third kappa shape index (κ3) is 3.55. The minimum absolute atomic E-state index is 0.000728. The first-order valence-electron chi connectivity index (χ1n) is 9.87. The number of likely N-dealkylation sites (tertiary alicyclic amines) is 1. The third-order valence-electron chi connectivity index (χ3n) is 6.38. The van der Waals surface area contributed by atoms with Crippen LogP contribution in [-0.4, -0.2) is 59.9 Å². The zero-order valence-corrected chi connectivity index (χ0v) is 17.2. The summed E-state index contributed by atoms with van der Waals surface area (Å²) in [6.45, 7) is 5.14. The molecule has 0 radical (unpaired) electrons. The van der Waals surface area contributed by atoms with Crippen molar-refractivity contribution in [3.05, 3.63) is 35.4 Å². The molecule has 1 aromatic carbocycles. The van der Waals surface area contributed by atoms with Crippen molar-refractivity contribution in [3.63, 3.8) is 0 Å². The maximum absolute atomic E-state index is 12.6. The molecule has 1 aromatic rings. The quantitative estimate of drug-likeness (QED) is 0.819. The second-order valence-corrected chi connectivity index (χ2v) is 10.5. The molecule has 0 aromatic heterocycles. The number of hydrogen-bond donors (Lipinski definition) is 1. The van der Waals surface area contributed by atoms with Crippen molar-refractivity contribution in [3.8, 4) is 0 Å². The molecule has 2 unspecified atom stereocenters. The molecule has 1 saturated carbocycles. The number of hydrogen-bond acceptors (Lipinski definition) is 4. The topological polar surface area (TPSA) is 86.8 Å². The summed E-state index contributed by atoms with van der Waals surface area (Å²) in [6.07, 6.45) is 2.51. The summed E-state index contributed by atoms with van der Waals surface area (Å²) in [5.74, 6) is 0.467. The third-order valence-corrected chi connectivity index (χ3v) is 8.39. The van der Waals surface area contributed by atoms with Crippen LogP contribution in [0, 0.1) is 5.92 Å². The van der Waals surface area contributed by atoms with Crippen molar-refractivity contribution in [1.82, 2.24) is 14.5 Å². The second-order valence-electron chi connectivity index (χ2n) is 8.46. The highest BCUT2D eigenvalue weighted by molar-refractivity contribution is 7.89. The van der Waals surface area contributed by atoms with Crippen molar-refractivity contribution in [1.29, 1.82) is 0 Å². The van der Waals surface area contributed by atoms with E-state index in [1.54, 1.807) is 28.3 Å². The maximum Gasteiger partial charge on any atom is 0.251 e. The lowest BCUT2D eigenvalue weighted by Crippen LogP contribution is -2.43. The first-order valence-corrected chi connectivity index (χ1v) is 11.5. The van der Waals surface area contributed by atoms with Crippen molar-refractivity contribution < 1.29 is 18.0 Å². The summed E-state index contributed by atoms with van der Waals surface area (Å²) >= 11 is 0. The van der Waals surface area contributed by atoms with Gasteiger partial charge in [-0.15, -0.1) is 0 Å². The number of carbonyl (C=O) groups excluding carboxylic acids is 2. The molecule has 0 spiro atoms. The summed E-state index contributed by atoms with van der Waals surface area (Å²) in [4.78, 5) is 26.0. The van der Waals surface area contributed by atoms with Crippen LogP contribution in [-0.2, 0) is 21.4 Å². The number of amides is 2. The van der Waals surface area contributed by atoms with Gasteiger partial charge in [0, 0.05) is 44.1 Å². The molecule has 7 nitrogen and oxygen atoms in total. The Labute approximate surface area is 166 Å². The minimum atomic E-state index is -3.21. The van der Waals surface area contributed by atoms with Crippen LogP contribution in [0.1, 0.15) is 49.0 Å². The Kier molecular flexibility index (Phi) is 4.74. The molecule has 2 aliphatic heterocycles. The van der Waals surface area contributed by atoms with Gasteiger partial charge >= 0.3 is 0 Å². The van der Waals surface area contributed by atoms with Crippen LogP contribution in [0.25, 0.3) is 0 Å². The highest BCUT2D eigenvalue weighted by Gasteiger charge is 2.61. The van der Waals surface area contributed by atoms with E-state index in [0.717, 1.165) is 24.9 Å². The fraction of sp³-hybridized carbons (Fsp3) is 0.600. The van der Waals surface area contributed by atoms with E-state index in [1.807, 2.05) is 19.1 Å². The molecule has 3 aliphatic rings. The molecule has 2 saturated heterocycles. The predicted octanol–water partition coefficient (Wildman–Crippen LogP) is 1.35. The standard InChI is InChI=1S/C20H27N3O4S/c1-14-4-3-9-28(26,27)23(14)11-16-5-7-17(8-6-16)19(25)21-20-10-18(20)12-22(13-20)15(2)24/h5-8,14,18H,3-4,9-13H2,1-2H3,(H,21,25)/t14-,18?,20?/m0/s1. The summed E-state index contributed by atoms with van der Waals surface area (Å²) in [6, 6.07) is 7.14. The van der Waals surface area contributed by atoms with Crippen LogP contribution in [0.3, 0.4) is 0 Å². The maximum atomic E-state index is 12.6. The molecule has 1 aliphatic carbocycles. The van der Waals surface area contributed by atoms with E-state index in [4.69, 9.17) is 0 Å². The number of rotatable bonds is 4. The number of piperidine rings is 1. The van der Waals surface area contributed by atoms with Gasteiger partial charge in [-0.05, 0) is 43.9 Å². The monoisotopic (exact) mass is 405 g/mol. The zero-order chi connectivity index (χ0) is 20.1. The average molecular weight is 406 g/mol. The molecule has 3 atom stereocenters. The van der Waals surface area contributed by atoms with Crippen molar-refractivity contribution in [2.75, 3.05) is 18.8 Å². The van der Waals surface area contributed by atoms with Crippen LogP contribution in [0.5, 0.6) is 0 Å². The summed E-state index contributed by atoms with van der Waals surface area (Å²) in [7, 11) is -3.21. The lowest BCUT2D eigenvalue weighted by atomic mass is 10.1. The van der Waals surface area contributed by atoms with Crippen LogP contribution >= 0.6 is 0 Å². The van der Waals surface area contributed by atoms with Gasteiger partial charge in [0.1, 0.15) is 0 Å². The van der Waals surface area contributed by atoms with E-state index in [0.29, 0.717) is 31.0 Å². The van der Waals surface area contributed by atoms with Crippen LogP contribution < -0.4 is 5.32 Å². The van der Waals surface area contributed by atoms with Crippen molar-refractivity contribution in [2.24, 2.45) is 5.92 Å². The number of nitrogens with one attached hydrogen (secondary N) is 1. The Balaban J connectivity index is 1.40. The van der Waals surface area contributed by atoms with Gasteiger partial charge in [-0.1, -0.05) is 12.1 Å². The van der Waals surface area contributed by atoms with E-state index in [9.17, 15) is 18.0 Å². The summed E-state index contributed by atoms with van der Waals surface area (Å²) < 4.78 is 26.2. The van der Waals surface area contributed by atoms with Gasteiger partial charge < -0.3 is 10.2 Å². The Bertz CT molecular complexity index is 899. The molecule has 2 amide bonds. The molecule has 1 N–H and O–H groups in total. The zero-order valence-electron chi connectivity index (χ0n) is 16.3. The van der Waals surface area contributed by atoms with E-state index < -0.39 is 10.0 Å². The molecule has 4 rings (SSSR count). The van der Waals surface area contributed by atoms with Crippen LogP contribution in [0.4, 0.5) is 0 Å². The summed E-state index contributed by atoms with van der Waals surface area (Å²) in [5, 5.41) is 3.11. The second kappa shape index (κ2) is 6.84. The molecule has 2 heterocycles. The van der Waals surface area contributed by atoms with Gasteiger partial charge in [0.25, 0.3) is 5.91 Å². The fourth-order valence-electron chi connectivity index (χ4n) is 4.51. The first-order chi connectivity index (χ1) is 13.2. The van der Waals surface area contributed by atoms with Crippen LogP contribution in [0.15, 0.2) is 24.3 Å². The van der Waals surface area contributed by atoms with Gasteiger partial charge in [0.15, 0.2) is 0 Å². The Morgan fingerprint density at radius 1 is 1.25 bits per heavy atom.